The lowest BCUT2D eigenvalue weighted by molar-refractivity contribution is -0.195. The number of amides is 1. The van der Waals surface area contributed by atoms with Crippen LogP contribution in [0.5, 0.6) is 0 Å². The maximum atomic E-state index is 12.7. The van der Waals surface area contributed by atoms with Crippen LogP contribution in [0.15, 0.2) is 42.7 Å². The number of rotatable bonds is 7. The van der Waals surface area contributed by atoms with Gasteiger partial charge in [0.15, 0.2) is 30.1 Å². The number of nitrogen functional groups attached to an aromatic ring is 1. The van der Waals surface area contributed by atoms with Gasteiger partial charge in [-0.25, -0.2) is 19.7 Å². The summed E-state index contributed by atoms with van der Waals surface area (Å²) in [4.78, 5) is 37.6. The minimum atomic E-state index is -0.857. The van der Waals surface area contributed by atoms with Crippen molar-refractivity contribution < 1.29 is 33.3 Å². The molecule has 13 nitrogen and oxygen atoms in total. The summed E-state index contributed by atoms with van der Waals surface area (Å²) in [6.07, 6.45) is 0.785. The lowest BCUT2D eigenvalue weighted by Gasteiger charge is -2.25. The number of carbonyl (C=O) groups excluding carboxylic acids is 2. The number of imidazole rings is 1. The number of hydrogen-bond donors (Lipinski definition) is 2. The van der Waals surface area contributed by atoms with Crippen LogP contribution in [0.25, 0.3) is 16.7 Å². The Morgan fingerprint density at radius 2 is 2.03 bits per heavy atom. The van der Waals surface area contributed by atoms with Crippen LogP contribution in [0.2, 0.25) is 5.02 Å². The number of carbonyl (C=O) groups is 2. The van der Waals surface area contributed by atoms with E-state index in [-0.39, 0.29) is 36.9 Å². The number of hydrogen-bond acceptors (Lipinski definition) is 11. The molecule has 3 aliphatic heterocycles. The predicted molar refractivity (Wildman–Crippen MR) is 136 cm³/mol. The van der Waals surface area contributed by atoms with Gasteiger partial charge in [-0.2, -0.15) is 0 Å². The van der Waals surface area contributed by atoms with Gasteiger partial charge in [0.25, 0.3) is 5.91 Å². The molecule has 3 N–H and O–H groups in total. The topological polar surface area (TPSA) is 162 Å². The Hall–Kier alpha value is -3.78. The summed E-state index contributed by atoms with van der Waals surface area (Å²) < 4.78 is 31.0. The fourth-order valence-corrected chi connectivity index (χ4v) is 5.18. The van der Waals surface area contributed by atoms with Gasteiger partial charge in [-0.15, -0.1) is 0 Å². The van der Waals surface area contributed by atoms with Crippen molar-refractivity contribution in [3.8, 4) is 0 Å². The monoisotopic (exact) mass is 556 g/mol. The number of benzene rings is 1. The molecule has 3 aliphatic rings. The third-order valence-electron chi connectivity index (χ3n) is 6.62. The first-order chi connectivity index (χ1) is 18.7. The van der Waals surface area contributed by atoms with E-state index >= 15 is 0 Å². The smallest absolute Gasteiger partial charge is 0.342 e. The highest BCUT2D eigenvalue weighted by Crippen LogP contribution is 2.43. The molecule has 0 saturated carbocycles. The number of nitrogens with zero attached hydrogens (tertiary/aromatic N) is 4. The lowest BCUT2D eigenvalue weighted by Crippen LogP contribution is -2.41. The molecule has 204 valence electrons. The number of esters is 1. The normalized spacial score (nSPS) is 25.7. The molecule has 39 heavy (non-hydrogen) atoms. The van der Waals surface area contributed by atoms with Crippen LogP contribution in [0.1, 0.15) is 25.6 Å². The van der Waals surface area contributed by atoms with Gasteiger partial charge in [0.05, 0.1) is 6.33 Å². The highest BCUT2D eigenvalue weighted by molar-refractivity contribution is 6.34. The number of nitrogens with one attached hydrogen (secondary N) is 1. The maximum absolute atomic E-state index is 12.7. The van der Waals surface area contributed by atoms with E-state index < -0.39 is 42.2 Å². The highest BCUT2D eigenvalue weighted by Gasteiger charge is 2.56. The molecule has 14 heteroatoms. The highest BCUT2D eigenvalue weighted by atomic mass is 35.5. The summed E-state index contributed by atoms with van der Waals surface area (Å²) >= 11 is 6.24. The SMILES string of the molecule is CC1(C)O[C@@H]2[C@H](O1)[C@@H](CNC(=O)COC1=C(c3ccccc3Cl)C(=O)OC1)O[C@H]2n1cnc2c(N)ncnc21. The fraction of sp³-hybridized carbons (Fsp3) is 0.400. The first-order valence-corrected chi connectivity index (χ1v) is 12.6. The standard InChI is InChI=1S/C25H25ClN6O7/c1-25(2)38-19-14(37-23(20(19)39-25)32-11-31-18-21(27)29-10-30-22(18)32)7-28-16(33)9-35-15-8-36-24(34)17(15)12-5-3-4-6-13(12)26/h3-6,10-11,14,19-20,23H,7-9H2,1-2H3,(H,28,33)(H2,27,29,30)/t14-,19-,20-,23-/m1/s1. The summed E-state index contributed by atoms with van der Waals surface area (Å²) in [5.74, 6) is -1.35. The van der Waals surface area contributed by atoms with E-state index in [1.165, 1.54) is 6.33 Å². The van der Waals surface area contributed by atoms with Crippen LogP contribution in [0, 0.1) is 0 Å². The Morgan fingerprint density at radius 1 is 1.23 bits per heavy atom. The number of ether oxygens (including phenoxy) is 5. The summed E-state index contributed by atoms with van der Waals surface area (Å²) in [6, 6.07) is 6.84. The van der Waals surface area contributed by atoms with Gasteiger partial charge in [0.1, 0.15) is 48.1 Å². The van der Waals surface area contributed by atoms with Crippen molar-refractivity contribution in [1.82, 2.24) is 24.8 Å². The molecular weight excluding hydrogens is 532 g/mol. The number of anilines is 1. The first-order valence-electron chi connectivity index (χ1n) is 12.2. The van der Waals surface area contributed by atoms with E-state index in [2.05, 4.69) is 20.3 Å². The molecule has 2 saturated heterocycles. The van der Waals surface area contributed by atoms with Crippen LogP contribution < -0.4 is 11.1 Å². The molecule has 2 aromatic heterocycles. The molecule has 1 amide bonds. The summed E-state index contributed by atoms with van der Waals surface area (Å²) in [5, 5.41) is 3.18. The third kappa shape index (κ3) is 4.67. The van der Waals surface area contributed by atoms with E-state index in [1.807, 2.05) is 13.8 Å². The number of aromatic nitrogens is 4. The Balaban J connectivity index is 1.14. The average Bonchev–Trinajstić information content (AvgIpc) is 3.64. The quantitative estimate of drug-likeness (QED) is 0.406. The van der Waals surface area contributed by atoms with Gasteiger partial charge in [-0.1, -0.05) is 29.8 Å². The Morgan fingerprint density at radius 3 is 2.85 bits per heavy atom. The molecule has 0 radical (unpaired) electrons. The zero-order valence-electron chi connectivity index (χ0n) is 21.0. The molecular formula is C25H25ClN6O7. The maximum Gasteiger partial charge on any atom is 0.342 e. The van der Waals surface area contributed by atoms with Crippen molar-refractivity contribution in [1.29, 1.82) is 0 Å². The Kier molecular flexibility index (Phi) is 6.38. The summed E-state index contributed by atoms with van der Waals surface area (Å²) in [7, 11) is 0. The fourth-order valence-electron chi connectivity index (χ4n) is 4.95. The van der Waals surface area contributed by atoms with E-state index in [1.54, 1.807) is 35.2 Å². The molecule has 4 atom stereocenters. The Bertz CT molecular complexity index is 1490. The van der Waals surface area contributed by atoms with Gasteiger partial charge >= 0.3 is 5.97 Å². The molecule has 0 bridgehead atoms. The van der Waals surface area contributed by atoms with Crippen LogP contribution in [0.3, 0.4) is 0 Å². The van der Waals surface area contributed by atoms with Crippen LogP contribution in [-0.2, 0) is 33.3 Å². The molecule has 2 fully saturated rings. The molecule has 0 unspecified atom stereocenters. The number of nitrogens with two attached hydrogens (primary N) is 1. The molecule has 6 rings (SSSR count). The summed E-state index contributed by atoms with van der Waals surface area (Å²) in [5.41, 5.74) is 7.56. The van der Waals surface area contributed by atoms with E-state index in [0.717, 1.165) is 0 Å². The molecule has 1 aromatic carbocycles. The second kappa shape index (κ2) is 9.75. The minimum absolute atomic E-state index is 0.0863. The molecule has 0 aliphatic carbocycles. The average molecular weight is 557 g/mol. The van der Waals surface area contributed by atoms with Crippen molar-refractivity contribution in [3.05, 3.63) is 53.3 Å². The van der Waals surface area contributed by atoms with Gasteiger partial charge in [0, 0.05) is 17.1 Å². The molecule has 0 spiro atoms. The molecule has 3 aromatic rings. The van der Waals surface area contributed by atoms with Crippen molar-refractivity contribution in [2.45, 2.75) is 44.2 Å². The van der Waals surface area contributed by atoms with E-state index in [4.69, 9.17) is 41.0 Å². The lowest BCUT2D eigenvalue weighted by atomic mass is 10.1. The number of fused-ring (bicyclic) bond motifs is 2. The van der Waals surface area contributed by atoms with Crippen molar-refractivity contribution in [3.63, 3.8) is 0 Å². The van der Waals surface area contributed by atoms with Crippen LogP contribution in [-0.4, -0.2) is 75.3 Å². The van der Waals surface area contributed by atoms with Crippen LogP contribution >= 0.6 is 11.6 Å². The Labute approximate surface area is 227 Å². The van der Waals surface area contributed by atoms with E-state index in [9.17, 15) is 9.59 Å². The number of halogens is 1. The van der Waals surface area contributed by atoms with E-state index in [0.29, 0.717) is 21.7 Å². The largest absolute Gasteiger partial charge is 0.484 e. The van der Waals surface area contributed by atoms with Gasteiger partial charge in [-0.3, -0.25) is 9.36 Å². The first kappa shape index (κ1) is 25.5. The second-order valence-electron chi connectivity index (χ2n) is 9.66. The zero-order valence-corrected chi connectivity index (χ0v) is 21.8. The van der Waals surface area contributed by atoms with Crippen LogP contribution in [0.4, 0.5) is 5.82 Å². The summed E-state index contributed by atoms with van der Waals surface area (Å²) in [6.45, 7) is 3.32. The second-order valence-corrected chi connectivity index (χ2v) is 10.1. The molecule has 5 heterocycles. The van der Waals surface area contributed by atoms with Gasteiger partial charge in [-0.05, 0) is 19.9 Å². The van der Waals surface area contributed by atoms with Crippen molar-refractivity contribution >= 4 is 46.0 Å². The third-order valence-corrected chi connectivity index (χ3v) is 6.95. The predicted octanol–water partition coefficient (Wildman–Crippen LogP) is 1.58. The zero-order chi connectivity index (χ0) is 27.3. The van der Waals surface area contributed by atoms with Crippen molar-refractivity contribution in [2.24, 2.45) is 0 Å². The van der Waals surface area contributed by atoms with Gasteiger partial charge in [0.2, 0.25) is 0 Å². The van der Waals surface area contributed by atoms with Crippen molar-refractivity contribution in [2.75, 3.05) is 25.5 Å². The minimum Gasteiger partial charge on any atom is -0.484 e. The van der Waals surface area contributed by atoms with Gasteiger partial charge < -0.3 is 34.7 Å². The number of cyclic esters (lactones) is 1.